The van der Waals surface area contributed by atoms with E-state index in [0.29, 0.717) is 4.32 Å². The first-order chi connectivity index (χ1) is 5.68. The molecule has 0 saturated carbocycles. The lowest BCUT2D eigenvalue weighted by Gasteiger charge is -1.89. The van der Waals surface area contributed by atoms with Crippen LogP contribution < -0.4 is 5.43 Å². The van der Waals surface area contributed by atoms with Gasteiger partial charge in [-0.2, -0.15) is 10.2 Å². The van der Waals surface area contributed by atoms with E-state index in [4.69, 9.17) is 0 Å². The Morgan fingerprint density at radius 2 is 2.67 bits per heavy atom. The van der Waals surface area contributed by atoms with Crippen molar-refractivity contribution in [2.75, 3.05) is 0 Å². The second-order valence-corrected chi connectivity index (χ2v) is 3.31. The quantitative estimate of drug-likeness (QED) is 0.287. The van der Waals surface area contributed by atoms with Crippen LogP contribution in [0.5, 0.6) is 0 Å². The van der Waals surface area contributed by atoms with Crippen molar-refractivity contribution in [1.29, 1.82) is 0 Å². The minimum atomic E-state index is 0.332. The van der Waals surface area contributed by atoms with Crippen molar-refractivity contribution < 1.29 is 0 Å². The third-order valence-corrected chi connectivity index (χ3v) is 1.27. The minimum Gasteiger partial charge on any atom is -0.282 e. The highest BCUT2D eigenvalue weighted by molar-refractivity contribution is 8.11. The van der Waals surface area contributed by atoms with Crippen LogP contribution >= 0.6 is 24.8 Å². The van der Waals surface area contributed by atoms with Gasteiger partial charge in [-0.25, -0.2) is 0 Å². The summed E-state index contributed by atoms with van der Waals surface area (Å²) in [6, 6.07) is 1.87. The van der Waals surface area contributed by atoms with Crippen molar-refractivity contribution in [2.45, 2.75) is 6.92 Å². The Morgan fingerprint density at radius 1 is 1.92 bits per heavy atom. The molecule has 0 aliphatic rings. The predicted molar refractivity (Wildman–Crippen MR) is 55.6 cm³/mol. The van der Waals surface area contributed by atoms with Crippen LogP contribution in [0.2, 0.25) is 0 Å². The van der Waals surface area contributed by atoms with Crippen LogP contribution in [-0.4, -0.2) is 20.7 Å². The lowest BCUT2D eigenvalue weighted by Crippen LogP contribution is -2.07. The number of nitrogens with one attached hydrogen (secondary N) is 2. The van der Waals surface area contributed by atoms with E-state index in [1.54, 1.807) is 6.21 Å². The van der Waals surface area contributed by atoms with Gasteiger partial charge in [-0.3, -0.25) is 10.5 Å². The fraction of sp³-hybridized carbons (Fsp3) is 0.167. The molecule has 64 valence electrons. The maximum absolute atomic E-state index is 4.63. The highest BCUT2D eigenvalue weighted by Gasteiger charge is 1.91. The summed E-state index contributed by atoms with van der Waals surface area (Å²) < 4.78 is 0.332. The molecule has 0 aliphatic heterocycles. The maximum Gasteiger partial charge on any atom is 0.150 e. The zero-order valence-electron chi connectivity index (χ0n) is 6.40. The maximum atomic E-state index is 4.63. The van der Waals surface area contributed by atoms with Gasteiger partial charge in [0.05, 0.1) is 6.21 Å². The van der Waals surface area contributed by atoms with E-state index in [2.05, 4.69) is 45.6 Å². The molecular formula is C6H8N4S2. The Bertz CT molecular complexity index is 304. The van der Waals surface area contributed by atoms with E-state index in [0.717, 1.165) is 11.4 Å². The van der Waals surface area contributed by atoms with Gasteiger partial charge in [0.25, 0.3) is 0 Å². The Morgan fingerprint density at radius 3 is 3.17 bits per heavy atom. The Kier molecular flexibility index (Phi) is 3.24. The number of hydrogen-bond acceptors (Lipinski definition) is 3. The molecule has 0 aliphatic carbocycles. The summed E-state index contributed by atoms with van der Waals surface area (Å²) in [5.74, 6) is 0. The first-order valence-corrected chi connectivity index (χ1v) is 4.08. The average molecular weight is 200 g/mol. The first-order valence-electron chi connectivity index (χ1n) is 3.22. The molecule has 1 aromatic heterocycles. The molecule has 0 unspecified atom stereocenters. The number of rotatable bonds is 2. The number of H-pyrrole nitrogens is 1. The third kappa shape index (κ3) is 3.02. The molecule has 2 N–H and O–H groups in total. The number of aromatic nitrogens is 2. The SMILES string of the molecule is Cc1cc(/C=N/NC(=S)S)n[nH]1. The smallest absolute Gasteiger partial charge is 0.150 e. The molecule has 6 heteroatoms. The Labute approximate surface area is 80.9 Å². The standard InChI is InChI=1S/C6H8N4S2/c1-4-2-5(9-8-4)3-7-10-6(11)12/h2-3H,1H3,(H,8,9)(H2,10,11,12)/b7-3+. The fourth-order valence-corrected chi connectivity index (χ4v) is 0.769. The molecule has 0 aromatic carbocycles. The zero-order chi connectivity index (χ0) is 8.97. The van der Waals surface area contributed by atoms with Gasteiger partial charge < -0.3 is 0 Å². The van der Waals surface area contributed by atoms with Gasteiger partial charge in [0.2, 0.25) is 0 Å². The second-order valence-electron chi connectivity index (χ2n) is 2.15. The van der Waals surface area contributed by atoms with Crippen molar-refractivity contribution in [3.8, 4) is 0 Å². The molecule has 12 heavy (non-hydrogen) atoms. The van der Waals surface area contributed by atoms with E-state index < -0.39 is 0 Å². The number of thiol groups is 1. The first kappa shape index (κ1) is 9.21. The van der Waals surface area contributed by atoms with Crippen LogP contribution in [0, 0.1) is 6.92 Å². The molecule has 0 amide bonds. The normalized spacial score (nSPS) is 10.5. The van der Waals surface area contributed by atoms with Crippen molar-refractivity contribution in [3.05, 3.63) is 17.5 Å². The third-order valence-electron chi connectivity index (χ3n) is 1.08. The molecule has 4 nitrogen and oxygen atoms in total. The van der Waals surface area contributed by atoms with Crippen LogP contribution in [0.25, 0.3) is 0 Å². The monoisotopic (exact) mass is 200 g/mol. The van der Waals surface area contributed by atoms with Crippen molar-refractivity contribution >= 4 is 35.4 Å². The van der Waals surface area contributed by atoms with Gasteiger partial charge in [0.1, 0.15) is 5.69 Å². The number of nitrogens with zero attached hydrogens (tertiary/aromatic N) is 2. The van der Waals surface area contributed by atoms with Crippen LogP contribution in [0.1, 0.15) is 11.4 Å². The Balaban J connectivity index is 2.52. The van der Waals surface area contributed by atoms with E-state index in [9.17, 15) is 0 Å². The highest BCUT2D eigenvalue weighted by Crippen LogP contribution is 1.92. The summed E-state index contributed by atoms with van der Waals surface area (Å²) in [6.07, 6.45) is 1.56. The number of hydrazone groups is 1. The molecule has 0 radical (unpaired) electrons. The van der Waals surface area contributed by atoms with Crippen LogP contribution in [-0.2, 0) is 0 Å². The number of hydrogen-bond donors (Lipinski definition) is 3. The summed E-state index contributed by atoms with van der Waals surface area (Å²) in [4.78, 5) is 0. The number of aryl methyl sites for hydroxylation is 1. The second kappa shape index (κ2) is 4.22. The minimum absolute atomic E-state index is 0.332. The van der Waals surface area contributed by atoms with E-state index in [-0.39, 0.29) is 0 Å². The van der Waals surface area contributed by atoms with Crippen LogP contribution in [0.15, 0.2) is 11.2 Å². The van der Waals surface area contributed by atoms with Crippen molar-refractivity contribution in [1.82, 2.24) is 15.6 Å². The lowest BCUT2D eigenvalue weighted by molar-refractivity contribution is 1.03. The van der Waals surface area contributed by atoms with Gasteiger partial charge in [-0.05, 0) is 13.0 Å². The van der Waals surface area contributed by atoms with Gasteiger partial charge in [-0.1, -0.05) is 12.2 Å². The molecule has 0 saturated heterocycles. The highest BCUT2D eigenvalue weighted by atomic mass is 32.1. The molecule has 0 spiro atoms. The lowest BCUT2D eigenvalue weighted by atomic mass is 10.4. The molecule has 1 rings (SSSR count). The van der Waals surface area contributed by atoms with Crippen molar-refractivity contribution in [2.24, 2.45) is 5.10 Å². The average Bonchev–Trinajstić information content (AvgIpc) is 2.35. The van der Waals surface area contributed by atoms with E-state index in [1.807, 2.05) is 13.0 Å². The van der Waals surface area contributed by atoms with Gasteiger partial charge in [0, 0.05) is 5.69 Å². The van der Waals surface area contributed by atoms with Crippen LogP contribution in [0.3, 0.4) is 0 Å². The fourth-order valence-electron chi connectivity index (χ4n) is 0.659. The molecule has 0 fully saturated rings. The summed E-state index contributed by atoms with van der Waals surface area (Å²) >= 11 is 8.46. The number of aromatic amines is 1. The predicted octanol–water partition coefficient (Wildman–Crippen LogP) is 0.856. The van der Waals surface area contributed by atoms with Crippen molar-refractivity contribution in [3.63, 3.8) is 0 Å². The molecule has 1 aromatic rings. The van der Waals surface area contributed by atoms with E-state index in [1.165, 1.54) is 0 Å². The van der Waals surface area contributed by atoms with Gasteiger partial charge >= 0.3 is 0 Å². The molecule has 1 heterocycles. The van der Waals surface area contributed by atoms with E-state index >= 15 is 0 Å². The summed E-state index contributed by atoms with van der Waals surface area (Å²) in [6.45, 7) is 1.92. The van der Waals surface area contributed by atoms with Gasteiger partial charge in [-0.15, -0.1) is 12.6 Å². The summed E-state index contributed by atoms with van der Waals surface area (Å²) in [5.41, 5.74) is 4.26. The molecular weight excluding hydrogens is 192 g/mol. The summed E-state index contributed by atoms with van der Waals surface area (Å²) in [7, 11) is 0. The summed E-state index contributed by atoms with van der Waals surface area (Å²) in [5, 5.41) is 10.5. The number of thiocarbonyl (C=S) groups is 1. The Hall–Kier alpha value is -0.880. The zero-order valence-corrected chi connectivity index (χ0v) is 8.12. The van der Waals surface area contributed by atoms with Crippen LogP contribution in [0.4, 0.5) is 0 Å². The largest absolute Gasteiger partial charge is 0.282 e. The molecule has 0 bridgehead atoms. The van der Waals surface area contributed by atoms with Gasteiger partial charge in [0.15, 0.2) is 4.32 Å². The molecule has 0 atom stereocenters. The topological polar surface area (TPSA) is 53.1 Å².